The minimum Gasteiger partial charge on any atom is -0.449 e. The minimum atomic E-state index is -0.0745. The lowest BCUT2D eigenvalue weighted by Crippen LogP contribution is -2.17. The van der Waals surface area contributed by atoms with E-state index >= 15 is 0 Å². The molecule has 0 aliphatic heterocycles. The molecule has 2 nitrogen and oxygen atoms in total. The van der Waals surface area contributed by atoms with Gasteiger partial charge in [0, 0.05) is 5.56 Å². The van der Waals surface area contributed by atoms with Gasteiger partial charge in [-0.25, -0.2) is 0 Å². The van der Waals surface area contributed by atoms with Gasteiger partial charge >= 0.3 is 7.48 Å². The van der Waals surface area contributed by atoms with E-state index in [-0.39, 0.29) is 7.48 Å². The van der Waals surface area contributed by atoms with Gasteiger partial charge in [0.05, 0.1) is 0 Å². The summed E-state index contributed by atoms with van der Waals surface area (Å²) in [5, 5.41) is 8.69. The second-order valence-corrected chi connectivity index (χ2v) is 1.97. The topological polar surface area (TPSA) is 37.3 Å². The van der Waals surface area contributed by atoms with Gasteiger partial charge in [0.25, 0.3) is 0 Å². The van der Waals surface area contributed by atoms with Crippen molar-refractivity contribution in [1.82, 2.24) is 0 Å². The molecule has 50 valence electrons. The largest absolute Gasteiger partial charge is 0.449 e. The average molecular weight is 134 g/mol. The van der Waals surface area contributed by atoms with E-state index in [0.717, 1.165) is 6.29 Å². The molecule has 0 unspecified atom stereocenters. The van der Waals surface area contributed by atoms with Crippen molar-refractivity contribution in [2.75, 3.05) is 0 Å². The number of carbonyl (C=O) groups is 1. The highest BCUT2D eigenvalue weighted by Gasteiger charge is 1.97. The predicted octanol–water partition coefficient (Wildman–Crippen LogP) is -0.532. The number of benzene rings is 1. The van der Waals surface area contributed by atoms with Crippen molar-refractivity contribution >= 4 is 19.2 Å². The summed E-state index contributed by atoms with van der Waals surface area (Å²) in [6, 6.07) is 6.96. The van der Waals surface area contributed by atoms with Crippen LogP contribution < -0.4 is 5.46 Å². The Hall–Kier alpha value is -1.09. The van der Waals surface area contributed by atoms with Gasteiger partial charge in [-0.2, -0.15) is 0 Å². The van der Waals surface area contributed by atoms with E-state index in [2.05, 4.69) is 0 Å². The maximum absolute atomic E-state index is 10.3. The van der Waals surface area contributed by atoms with E-state index in [9.17, 15) is 4.79 Å². The zero-order chi connectivity index (χ0) is 7.40. The van der Waals surface area contributed by atoms with Crippen LogP contribution in [0.5, 0.6) is 0 Å². The molecule has 0 atom stereocenters. The molecule has 0 fully saturated rings. The number of rotatable bonds is 2. The molecule has 10 heavy (non-hydrogen) atoms. The van der Waals surface area contributed by atoms with Gasteiger partial charge in [-0.1, -0.05) is 24.3 Å². The number of carbonyl (C=O) groups excluding carboxylic acids is 1. The van der Waals surface area contributed by atoms with Gasteiger partial charge in [0.1, 0.15) is 6.29 Å². The van der Waals surface area contributed by atoms with Crippen LogP contribution in [0.3, 0.4) is 0 Å². The summed E-state index contributed by atoms with van der Waals surface area (Å²) in [5.74, 6) is 0. The fraction of sp³-hybridized carbons (Fsp3) is 0. The van der Waals surface area contributed by atoms with E-state index in [0.29, 0.717) is 11.0 Å². The van der Waals surface area contributed by atoms with Crippen molar-refractivity contribution in [2.24, 2.45) is 0 Å². The molecule has 1 rings (SSSR count). The van der Waals surface area contributed by atoms with Crippen LogP contribution in [0.1, 0.15) is 10.4 Å². The van der Waals surface area contributed by atoms with Gasteiger partial charge in [0.15, 0.2) is 0 Å². The third kappa shape index (κ3) is 1.25. The molecule has 0 amide bonds. The van der Waals surface area contributed by atoms with Gasteiger partial charge in [0.2, 0.25) is 0 Å². The molecular formula is C7H7BO2. The summed E-state index contributed by atoms with van der Waals surface area (Å²) >= 11 is 0. The van der Waals surface area contributed by atoms with Crippen LogP contribution in [0, 0.1) is 0 Å². The molecule has 0 aliphatic rings. The maximum atomic E-state index is 10.3. The highest BCUT2D eigenvalue weighted by Crippen LogP contribution is 1.89. The van der Waals surface area contributed by atoms with E-state index in [1.165, 1.54) is 0 Å². The summed E-state index contributed by atoms with van der Waals surface area (Å²) in [6.45, 7) is 0. The normalized spacial score (nSPS) is 8.90. The number of aldehydes is 1. The Balaban J connectivity index is 3.08. The lowest BCUT2D eigenvalue weighted by molar-refractivity contribution is 0.112. The quantitative estimate of drug-likeness (QED) is 0.436. The Morgan fingerprint density at radius 2 is 2.10 bits per heavy atom. The molecule has 0 bridgehead atoms. The van der Waals surface area contributed by atoms with Gasteiger partial charge in [-0.05, 0) is 5.46 Å². The third-order valence-electron chi connectivity index (χ3n) is 1.35. The van der Waals surface area contributed by atoms with Crippen molar-refractivity contribution in [3.63, 3.8) is 0 Å². The zero-order valence-corrected chi connectivity index (χ0v) is 5.45. The van der Waals surface area contributed by atoms with Crippen molar-refractivity contribution in [1.29, 1.82) is 0 Å². The Bertz CT molecular complexity index is 235. The van der Waals surface area contributed by atoms with E-state index in [4.69, 9.17) is 5.02 Å². The maximum Gasteiger partial charge on any atom is 0.305 e. The van der Waals surface area contributed by atoms with Crippen LogP contribution >= 0.6 is 0 Å². The van der Waals surface area contributed by atoms with Crippen LogP contribution in [0.15, 0.2) is 24.3 Å². The van der Waals surface area contributed by atoms with Gasteiger partial charge in [-0.15, -0.1) is 0 Å². The molecule has 0 saturated carbocycles. The first kappa shape index (κ1) is 7.03. The highest BCUT2D eigenvalue weighted by atomic mass is 16.2. The highest BCUT2D eigenvalue weighted by molar-refractivity contribution is 6.47. The Morgan fingerprint density at radius 3 is 2.60 bits per heavy atom. The fourth-order valence-electron chi connectivity index (χ4n) is 0.793. The summed E-state index contributed by atoms with van der Waals surface area (Å²) in [6.07, 6.45) is 0.742. The molecular weight excluding hydrogens is 127 g/mol. The Kier molecular flexibility index (Phi) is 2.23. The summed E-state index contributed by atoms with van der Waals surface area (Å²) in [5.41, 5.74) is 1.24. The Labute approximate surface area is 59.8 Å². The Morgan fingerprint density at radius 1 is 1.40 bits per heavy atom. The van der Waals surface area contributed by atoms with Crippen molar-refractivity contribution in [2.45, 2.75) is 0 Å². The molecule has 0 heterocycles. The third-order valence-corrected chi connectivity index (χ3v) is 1.35. The number of hydrogen-bond acceptors (Lipinski definition) is 2. The fourth-order valence-corrected chi connectivity index (χ4v) is 0.793. The molecule has 1 aromatic carbocycles. The second kappa shape index (κ2) is 3.18. The number of hydrogen-bond donors (Lipinski definition) is 1. The molecule has 0 aliphatic carbocycles. The summed E-state index contributed by atoms with van der Waals surface area (Å²) in [7, 11) is -0.0745. The molecule has 1 aromatic rings. The lowest BCUT2D eigenvalue weighted by atomic mass is 9.85. The first-order valence-corrected chi connectivity index (χ1v) is 3.02. The second-order valence-electron chi connectivity index (χ2n) is 1.97. The monoisotopic (exact) mass is 134 g/mol. The molecule has 0 saturated heterocycles. The average Bonchev–Trinajstić information content (AvgIpc) is 2.04. The van der Waals surface area contributed by atoms with Crippen LogP contribution in [0.25, 0.3) is 0 Å². The predicted molar refractivity (Wildman–Crippen MR) is 40.8 cm³/mol. The van der Waals surface area contributed by atoms with Crippen molar-refractivity contribution in [3.8, 4) is 0 Å². The lowest BCUT2D eigenvalue weighted by Gasteiger charge is -1.95. The van der Waals surface area contributed by atoms with Gasteiger partial charge < -0.3 is 5.02 Å². The summed E-state index contributed by atoms with van der Waals surface area (Å²) < 4.78 is 0. The van der Waals surface area contributed by atoms with Crippen LogP contribution in [0.2, 0.25) is 0 Å². The van der Waals surface area contributed by atoms with Crippen molar-refractivity contribution < 1.29 is 9.82 Å². The van der Waals surface area contributed by atoms with E-state index in [1.807, 2.05) is 0 Å². The van der Waals surface area contributed by atoms with E-state index in [1.54, 1.807) is 24.3 Å². The first-order valence-electron chi connectivity index (χ1n) is 3.02. The van der Waals surface area contributed by atoms with Crippen molar-refractivity contribution in [3.05, 3.63) is 29.8 Å². The van der Waals surface area contributed by atoms with Crippen LogP contribution in [-0.4, -0.2) is 18.8 Å². The summed E-state index contributed by atoms with van der Waals surface area (Å²) in [4.78, 5) is 10.3. The molecule has 3 heteroatoms. The van der Waals surface area contributed by atoms with Gasteiger partial charge in [-0.3, -0.25) is 4.79 Å². The molecule has 0 spiro atoms. The SMILES string of the molecule is O=Cc1ccccc1BO. The standard InChI is InChI=1S/C7H7BO2/c9-5-6-3-1-2-4-7(6)8-10/h1-5,8,10H. The van der Waals surface area contributed by atoms with Crippen LogP contribution in [-0.2, 0) is 0 Å². The smallest absolute Gasteiger partial charge is 0.305 e. The molecule has 0 aromatic heterocycles. The first-order chi connectivity index (χ1) is 4.88. The minimum absolute atomic E-state index is 0.0745. The zero-order valence-electron chi connectivity index (χ0n) is 5.45. The van der Waals surface area contributed by atoms with Crippen LogP contribution in [0.4, 0.5) is 0 Å². The molecule has 1 N–H and O–H groups in total. The van der Waals surface area contributed by atoms with E-state index < -0.39 is 0 Å². The molecule has 0 radical (unpaired) electrons.